The van der Waals surface area contributed by atoms with Gasteiger partial charge in [0.2, 0.25) is 0 Å². The fraction of sp³-hybridized carbons (Fsp3) is 0.684. The second-order valence-electron chi connectivity index (χ2n) is 6.87. The largest absolute Gasteiger partial charge is 0.307 e. The molecule has 0 aliphatic heterocycles. The quantitative estimate of drug-likeness (QED) is 0.792. The Bertz CT molecular complexity index is 443. The minimum Gasteiger partial charge on any atom is -0.307 e. The lowest BCUT2D eigenvalue weighted by atomic mass is 9.84. The van der Waals surface area contributed by atoms with E-state index in [0.717, 1.165) is 5.92 Å². The van der Waals surface area contributed by atoms with E-state index in [2.05, 4.69) is 52.1 Å². The number of rotatable bonds is 4. The van der Waals surface area contributed by atoms with Gasteiger partial charge >= 0.3 is 0 Å². The highest BCUT2D eigenvalue weighted by Gasteiger charge is 2.22. The number of hydrogen-bond acceptors (Lipinski definition) is 1. The van der Waals surface area contributed by atoms with Crippen LogP contribution in [0.3, 0.4) is 0 Å². The van der Waals surface area contributed by atoms with E-state index in [1.54, 1.807) is 0 Å². The van der Waals surface area contributed by atoms with Crippen LogP contribution in [0.5, 0.6) is 0 Å². The summed E-state index contributed by atoms with van der Waals surface area (Å²) in [5.74, 6) is 0.873. The smallest absolute Gasteiger partial charge is 0.0297 e. The van der Waals surface area contributed by atoms with Gasteiger partial charge in [0.25, 0.3) is 0 Å². The molecule has 0 heterocycles. The van der Waals surface area contributed by atoms with Crippen LogP contribution in [-0.4, -0.2) is 6.04 Å². The molecule has 0 radical (unpaired) electrons. The van der Waals surface area contributed by atoms with E-state index in [-0.39, 0.29) is 0 Å². The van der Waals surface area contributed by atoms with Crippen LogP contribution in [0.4, 0.5) is 0 Å². The van der Waals surface area contributed by atoms with Crippen LogP contribution in [0, 0.1) is 26.7 Å². The van der Waals surface area contributed by atoms with E-state index in [9.17, 15) is 0 Å². The van der Waals surface area contributed by atoms with Gasteiger partial charge in [-0.3, -0.25) is 0 Å². The summed E-state index contributed by atoms with van der Waals surface area (Å²) in [6, 6.07) is 5.78. The van der Waals surface area contributed by atoms with E-state index in [1.165, 1.54) is 54.4 Å². The van der Waals surface area contributed by atoms with Gasteiger partial charge in [-0.2, -0.15) is 0 Å². The van der Waals surface area contributed by atoms with E-state index >= 15 is 0 Å². The predicted molar refractivity (Wildman–Crippen MR) is 88.2 cm³/mol. The Morgan fingerprint density at radius 3 is 2.15 bits per heavy atom. The fourth-order valence-corrected chi connectivity index (χ4v) is 3.70. The van der Waals surface area contributed by atoms with Gasteiger partial charge in [0.1, 0.15) is 0 Å². The highest BCUT2D eigenvalue weighted by molar-refractivity contribution is 5.38. The Labute approximate surface area is 125 Å². The van der Waals surface area contributed by atoms with Crippen LogP contribution >= 0.6 is 0 Å². The lowest BCUT2D eigenvalue weighted by Crippen LogP contribution is -2.36. The zero-order chi connectivity index (χ0) is 14.7. The first-order chi connectivity index (χ1) is 9.49. The van der Waals surface area contributed by atoms with Crippen molar-refractivity contribution in [1.29, 1.82) is 0 Å². The SMILES string of the molecule is Cc1cc(C)c(C(C)N[C@@H](C)C2CCCCC2)cc1C. The summed E-state index contributed by atoms with van der Waals surface area (Å²) < 4.78 is 0. The molecule has 1 aromatic rings. The molecule has 1 unspecified atom stereocenters. The number of nitrogens with one attached hydrogen (secondary N) is 1. The van der Waals surface area contributed by atoms with Crippen LogP contribution in [-0.2, 0) is 0 Å². The molecule has 1 N–H and O–H groups in total. The Kier molecular flexibility index (Phi) is 5.26. The Balaban J connectivity index is 2.03. The van der Waals surface area contributed by atoms with Crippen molar-refractivity contribution in [3.8, 4) is 0 Å². The zero-order valence-electron chi connectivity index (χ0n) is 13.9. The van der Waals surface area contributed by atoms with Crippen molar-refractivity contribution in [3.63, 3.8) is 0 Å². The molecule has 2 rings (SSSR count). The molecule has 0 amide bonds. The highest BCUT2D eigenvalue weighted by atomic mass is 14.9. The molecule has 1 nitrogen and oxygen atoms in total. The number of hydrogen-bond donors (Lipinski definition) is 1. The first-order valence-electron chi connectivity index (χ1n) is 8.33. The van der Waals surface area contributed by atoms with Crippen molar-refractivity contribution in [3.05, 3.63) is 34.4 Å². The summed E-state index contributed by atoms with van der Waals surface area (Å²) >= 11 is 0. The molecule has 1 aromatic carbocycles. The lowest BCUT2D eigenvalue weighted by molar-refractivity contribution is 0.268. The van der Waals surface area contributed by atoms with Gasteiger partial charge in [-0.1, -0.05) is 31.4 Å². The molecule has 1 aliphatic rings. The third-order valence-electron chi connectivity index (χ3n) is 5.22. The van der Waals surface area contributed by atoms with Gasteiger partial charge in [-0.15, -0.1) is 0 Å². The number of aryl methyl sites for hydroxylation is 3. The van der Waals surface area contributed by atoms with Crippen molar-refractivity contribution < 1.29 is 0 Å². The topological polar surface area (TPSA) is 12.0 Å². The Hall–Kier alpha value is -0.820. The van der Waals surface area contributed by atoms with E-state index in [4.69, 9.17) is 0 Å². The molecule has 1 aliphatic carbocycles. The molecule has 0 saturated heterocycles. The van der Waals surface area contributed by atoms with Crippen LogP contribution in [0.2, 0.25) is 0 Å². The van der Waals surface area contributed by atoms with Gasteiger partial charge in [-0.25, -0.2) is 0 Å². The second kappa shape index (κ2) is 6.76. The van der Waals surface area contributed by atoms with Gasteiger partial charge in [0.05, 0.1) is 0 Å². The molecule has 2 atom stereocenters. The summed E-state index contributed by atoms with van der Waals surface area (Å²) in [6.45, 7) is 11.4. The third-order valence-corrected chi connectivity index (χ3v) is 5.22. The molecular weight excluding hydrogens is 242 g/mol. The summed E-state index contributed by atoms with van der Waals surface area (Å²) in [4.78, 5) is 0. The van der Waals surface area contributed by atoms with E-state index in [1.807, 2.05) is 0 Å². The molecule has 1 fully saturated rings. The summed E-state index contributed by atoms with van der Waals surface area (Å²) in [5.41, 5.74) is 5.70. The van der Waals surface area contributed by atoms with Crippen molar-refractivity contribution in [2.45, 2.75) is 78.8 Å². The lowest BCUT2D eigenvalue weighted by Gasteiger charge is -2.31. The maximum atomic E-state index is 3.85. The average Bonchev–Trinajstić information content (AvgIpc) is 2.43. The van der Waals surface area contributed by atoms with Gasteiger partial charge in [0, 0.05) is 12.1 Å². The third kappa shape index (κ3) is 3.63. The minimum absolute atomic E-state index is 0.450. The van der Waals surface area contributed by atoms with Crippen LogP contribution in [0.1, 0.15) is 74.2 Å². The van der Waals surface area contributed by atoms with Crippen molar-refractivity contribution in [2.75, 3.05) is 0 Å². The van der Waals surface area contributed by atoms with E-state index in [0.29, 0.717) is 12.1 Å². The van der Waals surface area contributed by atoms with Crippen molar-refractivity contribution in [2.24, 2.45) is 5.92 Å². The molecular formula is C19H31N. The standard InChI is InChI=1S/C19H31N/c1-13-11-15(3)19(12-14(13)2)17(5)20-16(4)18-9-7-6-8-10-18/h11-12,16-18,20H,6-10H2,1-5H3/t16-,17?/m0/s1. The predicted octanol–water partition coefficient (Wildman–Crippen LogP) is 5.23. The zero-order valence-corrected chi connectivity index (χ0v) is 13.9. The Morgan fingerprint density at radius 2 is 1.50 bits per heavy atom. The normalized spacial score (nSPS) is 19.9. The minimum atomic E-state index is 0.450. The fourth-order valence-electron chi connectivity index (χ4n) is 3.70. The van der Waals surface area contributed by atoms with Crippen molar-refractivity contribution in [1.82, 2.24) is 5.32 Å². The summed E-state index contributed by atoms with van der Waals surface area (Å²) in [7, 11) is 0. The molecule has 0 bridgehead atoms. The van der Waals surface area contributed by atoms with Crippen molar-refractivity contribution >= 4 is 0 Å². The second-order valence-corrected chi connectivity index (χ2v) is 6.87. The van der Waals surface area contributed by atoms with Gasteiger partial charge in [0.15, 0.2) is 0 Å². The Morgan fingerprint density at radius 1 is 0.900 bits per heavy atom. The summed E-state index contributed by atoms with van der Waals surface area (Å²) in [5, 5.41) is 3.85. The van der Waals surface area contributed by atoms with Crippen LogP contribution < -0.4 is 5.32 Å². The van der Waals surface area contributed by atoms with Gasteiger partial charge in [-0.05, 0) is 75.6 Å². The first-order valence-corrected chi connectivity index (χ1v) is 8.33. The molecule has 20 heavy (non-hydrogen) atoms. The first kappa shape index (κ1) is 15.6. The molecule has 0 spiro atoms. The molecule has 1 saturated carbocycles. The molecule has 1 heteroatoms. The monoisotopic (exact) mass is 273 g/mol. The summed E-state index contributed by atoms with van der Waals surface area (Å²) in [6.07, 6.45) is 7.11. The maximum Gasteiger partial charge on any atom is 0.0297 e. The molecule has 112 valence electrons. The number of benzene rings is 1. The van der Waals surface area contributed by atoms with Gasteiger partial charge < -0.3 is 5.32 Å². The van der Waals surface area contributed by atoms with Crippen LogP contribution in [0.15, 0.2) is 12.1 Å². The van der Waals surface area contributed by atoms with E-state index < -0.39 is 0 Å². The maximum absolute atomic E-state index is 3.85. The molecule has 0 aromatic heterocycles. The average molecular weight is 273 g/mol. The van der Waals surface area contributed by atoms with Crippen LogP contribution in [0.25, 0.3) is 0 Å². The highest BCUT2D eigenvalue weighted by Crippen LogP contribution is 2.28.